The molecule has 0 aliphatic heterocycles. The third-order valence-corrected chi connectivity index (χ3v) is 4.26. The van der Waals surface area contributed by atoms with E-state index < -0.39 is 11.4 Å². The smallest absolute Gasteiger partial charge is 0.311 e. The highest BCUT2D eigenvalue weighted by Gasteiger charge is 2.35. The molecule has 19 heavy (non-hydrogen) atoms. The number of carbonyl (C=O) groups excluding carboxylic acids is 1. The molecule has 0 saturated heterocycles. The van der Waals surface area contributed by atoms with Crippen LogP contribution in [0.2, 0.25) is 0 Å². The van der Waals surface area contributed by atoms with Crippen molar-refractivity contribution in [1.82, 2.24) is 10.3 Å². The zero-order valence-electron chi connectivity index (χ0n) is 11.5. The van der Waals surface area contributed by atoms with Gasteiger partial charge in [0.25, 0.3) is 0 Å². The molecule has 0 bridgehead atoms. The van der Waals surface area contributed by atoms with E-state index in [0.717, 1.165) is 10.7 Å². The third kappa shape index (κ3) is 4.02. The predicted molar refractivity (Wildman–Crippen MR) is 74.2 cm³/mol. The summed E-state index contributed by atoms with van der Waals surface area (Å²) in [6, 6.07) is 0. The number of amides is 1. The maximum atomic E-state index is 11.8. The van der Waals surface area contributed by atoms with Crippen molar-refractivity contribution >= 4 is 23.2 Å². The normalized spacial score (nSPS) is 11.3. The largest absolute Gasteiger partial charge is 0.481 e. The molecule has 6 heteroatoms. The molecule has 1 amide bonds. The van der Waals surface area contributed by atoms with Crippen molar-refractivity contribution in [1.29, 1.82) is 0 Å². The molecule has 0 unspecified atom stereocenters. The van der Waals surface area contributed by atoms with E-state index in [1.54, 1.807) is 0 Å². The van der Waals surface area contributed by atoms with Crippen molar-refractivity contribution in [2.75, 3.05) is 6.54 Å². The number of carboxylic acids is 1. The molecule has 0 aromatic carbocycles. The molecule has 5 nitrogen and oxygen atoms in total. The van der Waals surface area contributed by atoms with Crippen molar-refractivity contribution in [3.05, 3.63) is 16.1 Å². The van der Waals surface area contributed by atoms with Gasteiger partial charge in [-0.2, -0.15) is 0 Å². The summed E-state index contributed by atoms with van der Waals surface area (Å²) in [5, 5.41) is 14.7. The van der Waals surface area contributed by atoms with Gasteiger partial charge < -0.3 is 10.4 Å². The first-order valence-electron chi connectivity index (χ1n) is 6.34. The summed E-state index contributed by atoms with van der Waals surface area (Å²) < 4.78 is 0. The fraction of sp³-hybridized carbons (Fsp3) is 0.615. The van der Waals surface area contributed by atoms with Crippen molar-refractivity contribution in [2.24, 2.45) is 5.41 Å². The number of aryl methyl sites for hydroxylation is 1. The number of carbonyl (C=O) groups is 2. The third-order valence-electron chi connectivity index (χ3n) is 3.44. The Hall–Kier alpha value is -1.43. The van der Waals surface area contributed by atoms with Gasteiger partial charge in [-0.05, 0) is 19.8 Å². The predicted octanol–water partition coefficient (Wildman–Crippen LogP) is 2.00. The maximum absolute atomic E-state index is 11.8. The number of nitrogens with zero attached hydrogens (tertiary/aromatic N) is 1. The van der Waals surface area contributed by atoms with Gasteiger partial charge in [-0.15, -0.1) is 11.3 Å². The Kier molecular flexibility index (Phi) is 5.47. The maximum Gasteiger partial charge on any atom is 0.311 e. The fourth-order valence-corrected chi connectivity index (χ4v) is 2.47. The Morgan fingerprint density at radius 2 is 2.05 bits per heavy atom. The van der Waals surface area contributed by atoms with E-state index in [9.17, 15) is 14.7 Å². The molecule has 0 atom stereocenters. The SMILES string of the molecule is CCC(CC)(CNC(=O)Cc1csc(C)n1)C(=O)O. The first kappa shape index (κ1) is 15.6. The Bertz CT molecular complexity index is 452. The average Bonchev–Trinajstić information content (AvgIpc) is 2.76. The second-order valence-electron chi connectivity index (χ2n) is 4.60. The number of hydrogen-bond donors (Lipinski definition) is 2. The van der Waals surface area contributed by atoms with E-state index in [2.05, 4.69) is 10.3 Å². The van der Waals surface area contributed by atoms with Crippen molar-refractivity contribution in [3.8, 4) is 0 Å². The fourth-order valence-electron chi connectivity index (χ4n) is 1.86. The van der Waals surface area contributed by atoms with Crippen LogP contribution < -0.4 is 5.32 Å². The van der Waals surface area contributed by atoms with E-state index in [1.807, 2.05) is 26.2 Å². The highest BCUT2D eigenvalue weighted by atomic mass is 32.1. The average molecular weight is 284 g/mol. The number of hydrogen-bond acceptors (Lipinski definition) is 4. The van der Waals surface area contributed by atoms with Crippen LogP contribution in [0.5, 0.6) is 0 Å². The van der Waals surface area contributed by atoms with Crippen LogP contribution in [-0.4, -0.2) is 28.5 Å². The van der Waals surface area contributed by atoms with Crippen molar-refractivity contribution in [2.45, 2.75) is 40.0 Å². The van der Waals surface area contributed by atoms with Crippen molar-refractivity contribution < 1.29 is 14.7 Å². The van der Waals surface area contributed by atoms with E-state index >= 15 is 0 Å². The summed E-state index contributed by atoms with van der Waals surface area (Å²) in [4.78, 5) is 27.3. The molecule has 1 heterocycles. The monoisotopic (exact) mass is 284 g/mol. The summed E-state index contributed by atoms with van der Waals surface area (Å²) in [5.74, 6) is -1.04. The van der Waals surface area contributed by atoms with E-state index in [0.29, 0.717) is 12.8 Å². The molecule has 2 N–H and O–H groups in total. The van der Waals surface area contributed by atoms with Gasteiger partial charge in [-0.3, -0.25) is 9.59 Å². The zero-order chi connectivity index (χ0) is 14.5. The number of carboxylic acid groups (broad SMARTS) is 1. The molecule has 1 aromatic heterocycles. The first-order chi connectivity index (χ1) is 8.93. The lowest BCUT2D eigenvalue weighted by Gasteiger charge is -2.26. The zero-order valence-corrected chi connectivity index (χ0v) is 12.3. The lowest BCUT2D eigenvalue weighted by Crippen LogP contribution is -2.42. The Balaban J connectivity index is 2.55. The van der Waals surface area contributed by atoms with Crippen LogP contribution in [0.4, 0.5) is 0 Å². The minimum absolute atomic E-state index is 0.164. The lowest BCUT2D eigenvalue weighted by molar-refractivity contribution is -0.149. The van der Waals surface area contributed by atoms with Crippen LogP contribution in [0.25, 0.3) is 0 Å². The van der Waals surface area contributed by atoms with Gasteiger partial charge in [-0.1, -0.05) is 13.8 Å². The molecule has 0 saturated carbocycles. The summed E-state index contributed by atoms with van der Waals surface area (Å²) in [6.45, 7) is 5.70. The number of rotatable bonds is 7. The first-order valence-corrected chi connectivity index (χ1v) is 7.22. The Morgan fingerprint density at radius 3 is 2.47 bits per heavy atom. The second-order valence-corrected chi connectivity index (χ2v) is 5.67. The molecule has 0 aliphatic rings. The summed E-state index contributed by atoms with van der Waals surface area (Å²) in [6.07, 6.45) is 1.19. The number of aromatic nitrogens is 1. The molecule has 1 aromatic rings. The van der Waals surface area contributed by atoms with E-state index in [4.69, 9.17) is 0 Å². The molecular weight excluding hydrogens is 264 g/mol. The van der Waals surface area contributed by atoms with Crippen LogP contribution in [0.15, 0.2) is 5.38 Å². The minimum Gasteiger partial charge on any atom is -0.481 e. The lowest BCUT2D eigenvalue weighted by atomic mass is 9.82. The highest BCUT2D eigenvalue weighted by molar-refractivity contribution is 7.09. The Morgan fingerprint density at radius 1 is 1.42 bits per heavy atom. The summed E-state index contributed by atoms with van der Waals surface area (Å²) in [5.41, 5.74) is -0.137. The molecule has 0 radical (unpaired) electrons. The molecule has 0 fully saturated rings. The minimum atomic E-state index is -0.867. The highest BCUT2D eigenvalue weighted by Crippen LogP contribution is 2.25. The molecule has 1 rings (SSSR count). The van der Waals surface area contributed by atoms with Gasteiger partial charge in [0.15, 0.2) is 0 Å². The number of thiazole rings is 1. The van der Waals surface area contributed by atoms with Crippen LogP contribution in [0.1, 0.15) is 37.4 Å². The second kappa shape index (κ2) is 6.65. The van der Waals surface area contributed by atoms with Gasteiger partial charge in [0.1, 0.15) is 0 Å². The standard InChI is InChI=1S/C13H20N2O3S/c1-4-13(5-2,12(17)18)8-14-11(16)6-10-7-19-9(3)15-10/h7H,4-6,8H2,1-3H3,(H,14,16)(H,17,18). The van der Waals surface area contributed by atoms with Crippen LogP contribution in [0, 0.1) is 12.3 Å². The van der Waals surface area contributed by atoms with Crippen LogP contribution in [0.3, 0.4) is 0 Å². The van der Waals surface area contributed by atoms with Gasteiger partial charge in [0.05, 0.1) is 22.5 Å². The quantitative estimate of drug-likeness (QED) is 0.802. The summed E-state index contributed by atoms with van der Waals surface area (Å²) >= 11 is 1.50. The van der Waals surface area contributed by atoms with Gasteiger partial charge in [0.2, 0.25) is 5.91 Å². The molecule has 0 aliphatic carbocycles. The topological polar surface area (TPSA) is 79.3 Å². The van der Waals surface area contributed by atoms with Crippen molar-refractivity contribution in [3.63, 3.8) is 0 Å². The van der Waals surface area contributed by atoms with E-state index in [-0.39, 0.29) is 18.9 Å². The molecular formula is C13H20N2O3S. The van der Waals surface area contributed by atoms with Crippen LogP contribution >= 0.6 is 11.3 Å². The molecule has 0 spiro atoms. The Labute approximate surface area is 117 Å². The molecule has 106 valence electrons. The number of aliphatic carboxylic acids is 1. The van der Waals surface area contributed by atoms with E-state index in [1.165, 1.54) is 11.3 Å². The number of nitrogens with one attached hydrogen (secondary N) is 1. The summed E-state index contributed by atoms with van der Waals surface area (Å²) in [7, 11) is 0. The van der Waals surface area contributed by atoms with Gasteiger partial charge in [0, 0.05) is 11.9 Å². The van der Waals surface area contributed by atoms with Crippen LogP contribution in [-0.2, 0) is 16.0 Å². The van der Waals surface area contributed by atoms with Gasteiger partial charge in [-0.25, -0.2) is 4.98 Å². The van der Waals surface area contributed by atoms with Gasteiger partial charge >= 0.3 is 5.97 Å².